The summed E-state index contributed by atoms with van der Waals surface area (Å²) in [5.41, 5.74) is 1.33. The summed E-state index contributed by atoms with van der Waals surface area (Å²) in [6.45, 7) is 0. The van der Waals surface area contributed by atoms with Crippen LogP contribution in [0.15, 0.2) is 22.7 Å². The molecule has 0 amide bonds. The quantitative estimate of drug-likeness (QED) is 0.244. The van der Waals surface area contributed by atoms with Crippen LogP contribution < -0.4 is 42.4 Å². The standard InChI is InChI=1S/C10H9BrI2O2/c1-12-9(14)6-3-7(10(15)13-2)5-8(11)4-6/h3-5H,1-2H3/q-2. The number of carbonyl (C=O) groups excluding carboxylic acids is 2. The maximum absolute atomic E-state index is 11.6. The molecule has 1 aromatic rings. The van der Waals surface area contributed by atoms with Crippen LogP contribution in [0.25, 0.3) is 0 Å². The Balaban J connectivity index is 3.16. The molecule has 15 heavy (non-hydrogen) atoms. The summed E-state index contributed by atoms with van der Waals surface area (Å²) >= 11 is 2.44. The van der Waals surface area contributed by atoms with Crippen molar-refractivity contribution in [3.8, 4) is 0 Å². The molecule has 0 radical (unpaired) electrons. The zero-order valence-electron chi connectivity index (χ0n) is 8.18. The minimum atomic E-state index is -0.446. The molecule has 0 aliphatic rings. The van der Waals surface area contributed by atoms with Crippen LogP contribution in [0.5, 0.6) is 0 Å². The van der Waals surface area contributed by atoms with Gasteiger partial charge in [0.15, 0.2) is 0 Å². The maximum atomic E-state index is 11.6. The van der Waals surface area contributed by atoms with Crippen LogP contribution in [0, 0.1) is 0 Å². The molecule has 0 spiro atoms. The third kappa shape index (κ3) is 3.77. The van der Waals surface area contributed by atoms with Crippen molar-refractivity contribution in [1.82, 2.24) is 0 Å². The third-order valence-electron chi connectivity index (χ3n) is 1.69. The second kappa shape index (κ2) is 6.29. The molecule has 84 valence electrons. The van der Waals surface area contributed by atoms with E-state index in [-0.39, 0.29) is 7.58 Å². The summed E-state index contributed by atoms with van der Waals surface area (Å²) in [6, 6.07) is 5.30. The molecule has 0 N–H and O–H groups in total. The Bertz CT molecular complexity index is 370. The van der Waals surface area contributed by atoms with Crippen LogP contribution in [0.4, 0.5) is 0 Å². The first kappa shape index (κ1) is 13.6. The first-order chi connectivity index (χ1) is 7.08. The molecule has 1 aromatic carbocycles. The van der Waals surface area contributed by atoms with Crippen LogP contribution in [-0.2, 0) is 0 Å². The summed E-state index contributed by atoms with van der Waals surface area (Å²) in [4.78, 5) is 27.0. The molecule has 0 unspecified atom stereocenters. The number of benzene rings is 1. The van der Waals surface area contributed by atoms with E-state index in [0.717, 1.165) is 4.47 Å². The van der Waals surface area contributed by atoms with E-state index < -0.39 is 42.4 Å². The Morgan fingerprint density at radius 2 is 1.40 bits per heavy atom. The molecule has 0 aliphatic carbocycles. The average Bonchev–Trinajstić information content (AvgIpc) is 2.26. The third-order valence-corrected chi connectivity index (χ3v) is 5.36. The molecule has 0 heterocycles. The number of carbonyl (C=O) groups is 2. The van der Waals surface area contributed by atoms with E-state index in [4.69, 9.17) is 0 Å². The topological polar surface area (TPSA) is 34.1 Å². The van der Waals surface area contributed by atoms with E-state index in [9.17, 15) is 9.59 Å². The summed E-state index contributed by atoms with van der Waals surface area (Å²) in [6.07, 6.45) is 0. The number of hydrogen-bond donors (Lipinski definition) is 0. The van der Waals surface area contributed by atoms with Crippen molar-refractivity contribution in [3.63, 3.8) is 0 Å². The first-order valence-corrected chi connectivity index (χ1v) is 11.2. The van der Waals surface area contributed by atoms with Crippen molar-refractivity contribution >= 4 is 23.5 Å². The van der Waals surface area contributed by atoms with Crippen LogP contribution in [0.1, 0.15) is 20.7 Å². The van der Waals surface area contributed by atoms with Crippen molar-refractivity contribution in [2.75, 3.05) is 9.86 Å². The zero-order valence-corrected chi connectivity index (χ0v) is 14.1. The van der Waals surface area contributed by atoms with Gasteiger partial charge in [0.25, 0.3) is 0 Å². The summed E-state index contributed by atoms with van der Waals surface area (Å²) in [5, 5.41) is 0. The van der Waals surface area contributed by atoms with Gasteiger partial charge in [0, 0.05) is 0 Å². The molecule has 0 bridgehead atoms. The predicted molar refractivity (Wildman–Crippen MR) is 54.7 cm³/mol. The van der Waals surface area contributed by atoms with Gasteiger partial charge in [-0.25, -0.2) is 0 Å². The molecule has 0 saturated carbocycles. The summed E-state index contributed by atoms with van der Waals surface area (Å²) in [7, 11) is 0. The Hall–Kier alpha value is 0.500. The second-order valence-corrected chi connectivity index (χ2v) is 7.69. The molecule has 0 saturated heterocycles. The molecule has 1 rings (SSSR count). The van der Waals surface area contributed by atoms with Crippen molar-refractivity contribution in [2.45, 2.75) is 0 Å². The van der Waals surface area contributed by atoms with Crippen molar-refractivity contribution in [3.05, 3.63) is 33.8 Å². The van der Waals surface area contributed by atoms with Gasteiger partial charge < -0.3 is 0 Å². The van der Waals surface area contributed by atoms with Gasteiger partial charge in [-0.1, -0.05) is 0 Å². The van der Waals surface area contributed by atoms with Gasteiger partial charge in [0.1, 0.15) is 0 Å². The number of halogens is 3. The Morgan fingerprint density at radius 3 is 1.73 bits per heavy atom. The van der Waals surface area contributed by atoms with E-state index in [1.54, 1.807) is 18.2 Å². The second-order valence-electron chi connectivity index (χ2n) is 2.65. The Morgan fingerprint density at radius 1 is 1.00 bits per heavy atom. The molecule has 2 nitrogen and oxygen atoms in total. The van der Waals surface area contributed by atoms with Gasteiger partial charge in [0.2, 0.25) is 0 Å². The van der Waals surface area contributed by atoms with Gasteiger partial charge in [-0.3, -0.25) is 0 Å². The fourth-order valence-electron chi connectivity index (χ4n) is 1.03. The van der Waals surface area contributed by atoms with Gasteiger partial charge in [-0.05, 0) is 0 Å². The molecule has 0 fully saturated rings. The summed E-state index contributed by atoms with van der Waals surface area (Å²) in [5.74, 6) is 0. The fourth-order valence-corrected chi connectivity index (χ4v) is 3.40. The molecule has 0 atom stereocenters. The van der Waals surface area contributed by atoms with Crippen molar-refractivity contribution in [1.29, 1.82) is 0 Å². The summed E-state index contributed by atoms with van der Waals surface area (Å²) < 4.78 is 1.17. The molecule has 5 heteroatoms. The minimum absolute atomic E-state index is 0.179. The molecular weight excluding hydrogens is 486 g/mol. The molecule has 0 aliphatic heterocycles. The van der Waals surface area contributed by atoms with Crippen LogP contribution in [-0.4, -0.2) is 17.4 Å². The Kier molecular flexibility index (Phi) is 5.69. The van der Waals surface area contributed by atoms with Gasteiger partial charge >= 0.3 is 119 Å². The van der Waals surface area contributed by atoms with Crippen LogP contribution in [0.2, 0.25) is 0 Å². The van der Waals surface area contributed by atoms with Crippen LogP contribution in [0.3, 0.4) is 0 Å². The van der Waals surface area contributed by atoms with E-state index in [1.165, 1.54) is 0 Å². The van der Waals surface area contributed by atoms with E-state index in [2.05, 4.69) is 15.9 Å². The zero-order chi connectivity index (χ0) is 11.4. The van der Waals surface area contributed by atoms with Crippen molar-refractivity contribution in [2.24, 2.45) is 0 Å². The Labute approximate surface area is 118 Å². The van der Waals surface area contributed by atoms with Crippen molar-refractivity contribution < 1.29 is 52.0 Å². The SMILES string of the molecule is C[I-]C(=O)c1cc(Br)cc(C(=O)[I-]C)c1. The van der Waals surface area contributed by atoms with Crippen LogP contribution >= 0.6 is 15.9 Å². The van der Waals surface area contributed by atoms with E-state index in [1.807, 2.05) is 9.86 Å². The fraction of sp³-hybridized carbons (Fsp3) is 0.200. The van der Waals surface area contributed by atoms with E-state index in [0.29, 0.717) is 11.1 Å². The normalized spacial score (nSPS) is 10.6. The average molecular weight is 495 g/mol. The number of hydrogen-bond acceptors (Lipinski definition) is 2. The molecule has 0 aromatic heterocycles. The van der Waals surface area contributed by atoms with Gasteiger partial charge in [-0.15, -0.1) is 0 Å². The van der Waals surface area contributed by atoms with Gasteiger partial charge in [-0.2, -0.15) is 0 Å². The number of alkyl halides is 2. The van der Waals surface area contributed by atoms with E-state index >= 15 is 0 Å². The predicted octanol–water partition coefficient (Wildman–Crippen LogP) is -3.83. The first-order valence-electron chi connectivity index (χ1n) is 3.96. The molecular formula is C10H9BrI2O2-2. The van der Waals surface area contributed by atoms with Gasteiger partial charge in [0.05, 0.1) is 0 Å². The monoisotopic (exact) mass is 494 g/mol. The number of rotatable bonds is 4.